The zero-order valence-electron chi connectivity index (χ0n) is 11.8. The molecular weight excluding hydrogens is 272 g/mol. The lowest BCUT2D eigenvalue weighted by atomic mass is 10.0. The number of unbranched alkanes of at least 4 members (excludes halogenated alkanes) is 1. The molecule has 0 aliphatic heterocycles. The quantitative estimate of drug-likeness (QED) is 0.811. The van der Waals surface area contributed by atoms with Gasteiger partial charge in [-0.1, -0.05) is 25.8 Å². The minimum absolute atomic E-state index is 0.188. The van der Waals surface area contributed by atoms with Crippen LogP contribution < -0.4 is 5.32 Å². The van der Waals surface area contributed by atoms with Crippen molar-refractivity contribution >= 4 is 17.4 Å². The van der Waals surface area contributed by atoms with Crippen LogP contribution in [0.5, 0.6) is 0 Å². The van der Waals surface area contributed by atoms with Crippen molar-refractivity contribution in [2.75, 3.05) is 5.32 Å². The summed E-state index contributed by atoms with van der Waals surface area (Å²) in [5.41, 5.74) is 2.15. The van der Waals surface area contributed by atoms with E-state index in [0.29, 0.717) is 0 Å². The monoisotopic (exact) mass is 290 g/mol. The van der Waals surface area contributed by atoms with Crippen LogP contribution in [0.2, 0.25) is 5.28 Å². The second kappa shape index (κ2) is 7.20. The first-order chi connectivity index (χ1) is 9.70. The second-order valence-corrected chi connectivity index (χ2v) is 5.13. The van der Waals surface area contributed by atoms with Gasteiger partial charge in [0.2, 0.25) is 5.28 Å². The van der Waals surface area contributed by atoms with Crippen molar-refractivity contribution in [3.05, 3.63) is 47.1 Å². The molecule has 0 saturated heterocycles. The number of pyridine rings is 1. The number of aryl methyl sites for hydroxylation is 1. The van der Waals surface area contributed by atoms with E-state index in [-0.39, 0.29) is 11.3 Å². The molecule has 1 atom stereocenters. The summed E-state index contributed by atoms with van der Waals surface area (Å²) in [6.07, 6.45) is 8.74. The van der Waals surface area contributed by atoms with Crippen LogP contribution in [0.25, 0.3) is 0 Å². The summed E-state index contributed by atoms with van der Waals surface area (Å²) in [6.45, 7) is 4.16. The van der Waals surface area contributed by atoms with Crippen molar-refractivity contribution in [2.24, 2.45) is 0 Å². The van der Waals surface area contributed by atoms with Gasteiger partial charge in [-0.3, -0.25) is 4.98 Å². The highest BCUT2D eigenvalue weighted by Gasteiger charge is 2.13. The summed E-state index contributed by atoms with van der Waals surface area (Å²) in [7, 11) is 0. The molecule has 0 aliphatic carbocycles. The Balaban J connectivity index is 2.21. The number of nitrogens with one attached hydrogen (secondary N) is 1. The summed E-state index contributed by atoms with van der Waals surface area (Å²) in [4.78, 5) is 12.4. The number of halogens is 1. The SMILES string of the molecule is CCCC[C@H](Nc1nc(Cl)ncc1C)c1cccnc1. The highest BCUT2D eigenvalue weighted by Crippen LogP contribution is 2.25. The standard InChI is InChI=1S/C15H19ClN4/c1-3-4-7-13(12-6-5-8-17-10-12)19-14-11(2)9-18-15(16)20-14/h5-6,8-10,13H,3-4,7H2,1-2H3,(H,18,19,20)/t13-/m0/s1. The van der Waals surface area contributed by atoms with E-state index >= 15 is 0 Å². The van der Waals surface area contributed by atoms with Gasteiger partial charge in [-0.25, -0.2) is 9.97 Å². The lowest BCUT2D eigenvalue weighted by molar-refractivity contribution is 0.630. The fourth-order valence-electron chi connectivity index (χ4n) is 2.04. The molecule has 2 rings (SSSR count). The van der Waals surface area contributed by atoms with Crippen LogP contribution in [0.4, 0.5) is 5.82 Å². The first-order valence-corrected chi connectivity index (χ1v) is 7.24. The van der Waals surface area contributed by atoms with Crippen molar-refractivity contribution < 1.29 is 0 Å². The summed E-state index contributed by atoms with van der Waals surface area (Å²) in [5, 5.41) is 3.73. The minimum Gasteiger partial charge on any atom is -0.363 e. The van der Waals surface area contributed by atoms with E-state index in [1.54, 1.807) is 12.4 Å². The molecule has 2 aromatic heterocycles. The maximum absolute atomic E-state index is 5.88. The summed E-state index contributed by atoms with van der Waals surface area (Å²) in [6, 6.07) is 4.22. The molecule has 0 spiro atoms. The van der Waals surface area contributed by atoms with Crippen molar-refractivity contribution in [1.82, 2.24) is 15.0 Å². The van der Waals surface area contributed by atoms with Crippen molar-refractivity contribution in [2.45, 2.75) is 39.2 Å². The van der Waals surface area contributed by atoms with Gasteiger partial charge in [-0.15, -0.1) is 0 Å². The largest absolute Gasteiger partial charge is 0.363 e. The van der Waals surface area contributed by atoms with Crippen LogP contribution in [0.1, 0.15) is 43.4 Å². The molecule has 0 fully saturated rings. The average Bonchev–Trinajstić information content (AvgIpc) is 2.48. The molecule has 0 aliphatic rings. The molecule has 106 valence electrons. The first kappa shape index (κ1) is 14.7. The van der Waals surface area contributed by atoms with Gasteiger partial charge in [0.05, 0.1) is 6.04 Å². The van der Waals surface area contributed by atoms with Gasteiger partial charge in [-0.05, 0) is 36.6 Å². The number of hydrogen-bond donors (Lipinski definition) is 1. The Labute approximate surface area is 124 Å². The van der Waals surface area contributed by atoms with E-state index in [0.717, 1.165) is 36.2 Å². The zero-order valence-corrected chi connectivity index (χ0v) is 12.6. The maximum atomic E-state index is 5.88. The van der Waals surface area contributed by atoms with Crippen molar-refractivity contribution in [3.63, 3.8) is 0 Å². The van der Waals surface area contributed by atoms with Crippen LogP contribution in [0.3, 0.4) is 0 Å². The number of hydrogen-bond acceptors (Lipinski definition) is 4. The van der Waals surface area contributed by atoms with Gasteiger partial charge >= 0.3 is 0 Å². The summed E-state index contributed by atoms with van der Waals surface area (Å²) >= 11 is 5.88. The lowest BCUT2D eigenvalue weighted by Crippen LogP contribution is -2.13. The first-order valence-electron chi connectivity index (χ1n) is 6.86. The molecule has 0 amide bonds. The van der Waals surface area contributed by atoms with Crippen LogP contribution in [0.15, 0.2) is 30.7 Å². The molecule has 0 saturated carbocycles. The Morgan fingerprint density at radius 2 is 2.20 bits per heavy atom. The number of nitrogens with zero attached hydrogens (tertiary/aromatic N) is 3. The molecule has 20 heavy (non-hydrogen) atoms. The number of anilines is 1. The Hall–Kier alpha value is -1.68. The Morgan fingerprint density at radius 3 is 2.90 bits per heavy atom. The summed E-state index contributed by atoms with van der Waals surface area (Å²) < 4.78 is 0. The fourth-order valence-corrected chi connectivity index (χ4v) is 2.18. The third-order valence-corrected chi connectivity index (χ3v) is 3.37. The van der Waals surface area contributed by atoms with E-state index in [9.17, 15) is 0 Å². The van der Waals surface area contributed by atoms with Gasteiger partial charge in [0.1, 0.15) is 5.82 Å². The normalized spacial score (nSPS) is 12.2. The third-order valence-electron chi connectivity index (χ3n) is 3.19. The highest BCUT2D eigenvalue weighted by atomic mass is 35.5. The fraction of sp³-hybridized carbons (Fsp3) is 0.400. The highest BCUT2D eigenvalue weighted by molar-refractivity contribution is 6.28. The molecule has 0 unspecified atom stereocenters. The second-order valence-electron chi connectivity index (χ2n) is 4.80. The number of rotatable bonds is 6. The molecule has 0 aromatic carbocycles. The van der Waals surface area contributed by atoms with Crippen LogP contribution in [-0.4, -0.2) is 15.0 Å². The van der Waals surface area contributed by atoms with Crippen LogP contribution >= 0.6 is 11.6 Å². The van der Waals surface area contributed by atoms with Gasteiger partial charge in [0, 0.05) is 24.2 Å². The van der Waals surface area contributed by atoms with Gasteiger partial charge in [-0.2, -0.15) is 0 Å². The molecule has 4 nitrogen and oxygen atoms in total. The van der Waals surface area contributed by atoms with Crippen LogP contribution in [-0.2, 0) is 0 Å². The van der Waals surface area contributed by atoms with E-state index in [4.69, 9.17) is 11.6 Å². The van der Waals surface area contributed by atoms with Crippen molar-refractivity contribution in [1.29, 1.82) is 0 Å². The predicted octanol–water partition coefficient (Wildman–Crippen LogP) is 4.18. The lowest BCUT2D eigenvalue weighted by Gasteiger charge is -2.20. The topological polar surface area (TPSA) is 50.7 Å². The third kappa shape index (κ3) is 3.90. The van der Waals surface area contributed by atoms with Gasteiger partial charge in [0.15, 0.2) is 0 Å². The molecule has 2 heterocycles. The number of aromatic nitrogens is 3. The maximum Gasteiger partial charge on any atom is 0.224 e. The van der Waals surface area contributed by atoms with Gasteiger partial charge < -0.3 is 5.32 Å². The van der Waals surface area contributed by atoms with Crippen molar-refractivity contribution in [3.8, 4) is 0 Å². The summed E-state index contributed by atoms with van der Waals surface area (Å²) in [5.74, 6) is 0.787. The molecular formula is C15H19ClN4. The Morgan fingerprint density at radius 1 is 1.35 bits per heavy atom. The molecule has 0 bridgehead atoms. The molecule has 0 radical (unpaired) electrons. The van der Waals surface area contributed by atoms with Gasteiger partial charge in [0.25, 0.3) is 0 Å². The Bertz CT molecular complexity index is 545. The predicted molar refractivity (Wildman–Crippen MR) is 81.9 cm³/mol. The minimum atomic E-state index is 0.188. The van der Waals surface area contributed by atoms with E-state index < -0.39 is 0 Å². The Kier molecular flexibility index (Phi) is 5.30. The molecule has 2 aromatic rings. The van der Waals surface area contributed by atoms with E-state index in [2.05, 4.69) is 33.3 Å². The zero-order chi connectivity index (χ0) is 14.4. The molecule has 5 heteroatoms. The smallest absolute Gasteiger partial charge is 0.224 e. The van der Waals surface area contributed by atoms with E-state index in [1.807, 2.05) is 19.2 Å². The van der Waals surface area contributed by atoms with Crippen LogP contribution in [0, 0.1) is 6.92 Å². The molecule has 1 N–H and O–H groups in total. The van der Waals surface area contributed by atoms with E-state index in [1.165, 1.54) is 0 Å². The average molecular weight is 291 g/mol.